The van der Waals surface area contributed by atoms with Gasteiger partial charge in [-0.15, -0.1) is 0 Å². The Balaban J connectivity index is 1.68. The Hall–Kier alpha value is -1.59. The normalized spacial score (nSPS) is 16.6. The molecule has 24 heavy (non-hydrogen) atoms. The van der Waals surface area contributed by atoms with Crippen molar-refractivity contribution in [1.29, 1.82) is 0 Å². The molecule has 0 radical (unpaired) electrons. The highest BCUT2D eigenvalue weighted by atomic mass is 16.3. The van der Waals surface area contributed by atoms with Crippen LogP contribution < -0.4 is 10.6 Å². The van der Waals surface area contributed by atoms with E-state index in [0.717, 1.165) is 18.5 Å². The van der Waals surface area contributed by atoms with Crippen molar-refractivity contribution in [2.24, 2.45) is 0 Å². The van der Waals surface area contributed by atoms with Crippen molar-refractivity contribution in [2.75, 3.05) is 19.6 Å². The fraction of sp³-hybridized carbons (Fsp3) is 0.632. The van der Waals surface area contributed by atoms with Gasteiger partial charge in [0.15, 0.2) is 0 Å². The lowest BCUT2D eigenvalue weighted by atomic mass is 10.1. The number of hydrogen-bond acceptors (Lipinski definition) is 3. The van der Waals surface area contributed by atoms with E-state index in [1.165, 1.54) is 37.9 Å². The number of likely N-dealkylation sites (tertiary alicyclic amines) is 1. The fourth-order valence-corrected chi connectivity index (χ4v) is 3.03. The van der Waals surface area contributed by atoms with Crippen LogP contribution in [0.4, 0.5) is 4.79 Å². The number of carbonyl (C=O) groups is 1. The first kappa shape index (κ1) is 18.7. The van der Waals surface area contributed by atoms with Crippen LogP contribution >= 0.6 is 0 Å². The van der Waals surface area contributed by atoms with Crippen molar-refractivity contribution in [3.8, 4) is 0 Å². The molecule has 0 bridgehead atoms. The van der Waals surface area contributed by atoms with Crippen molar-refractivity contribution >= 4 is 6.03 Å². The van der Waals surface area contributed by atoms with E-state index in [1.807, 2.05) is 6.92 Å². The van der Waals surface area contributed by atoms with Crippen molar-refractivity contribution < 1.29 is 9.90 Å². The van der Waals surface area contributed by atoms with Gasteiger partial charge >= 0.3 is 6.03 Å². The smallest absolute Gasteiger partial charge is 0.315 e. The van der Waals surface area contributed by atoms with E-state index >= 15 is 0 Å². The summed E-state index contributed by atoms with van der Waals surface area (Å²) in [5.74, 6) is 0. The molecule has 1 fully saturated rings. The number of piperidine rings is 1. The maximum absolute atomic E-state index is 11.7. The van der Waals surface area contributed by atoms with Crippen molar-refractivity contribution in [2.45, 2.75) is 58.2 Å². The summed E-state index contributed by atoms with van der Waals surface area (Å²) in [5.41, 5.74) is 2.41. The molecule has 1 atom stereocenters. The predicted octanol–water partition coefficient (Wildman–Crippen LogP) is 2.63. The topological polar surface area (TPSA) is 64.6 Å². The zero-order valence-electron chi connectivity index (χ0n) is 14.8. The van der Waals surface area contributed by atoms with Gasteiger partial charge in [0.1, 0.15) is 0 Å². The molecule has 2 rings (SSSR count). The summed E-state index contributed by atoms with van der Waals surface area (Å²) >= 11 is 0. The molecule has 0 aromatic heterocycles. The number of nitrogens with zero attached hydrogens (tertiary/aromatic N) is 1. The maximum Gasteiger partial charge on any atom is 0.315 e. The van der Waals surface area contributed by atoms with E-state index in [2.05, 4.69) is 39.8 Å². The van der Waals surface area contributed by atoms with E-state index in [1.54, 1.807) is 0 Å². The molecular weight excluding hydrogens is 302 g/mol. The Labute approximate surface area is 145 Å². The van der Waals surface area contributed by atoms with Gasteiger partial charge < -0.3 is 15.7 Å². The van der Waals surface area contributed by atoms with E-state index in [-0.39, 0.29) is 6.03 Å². The minimum absolute atomic E-state index is 0.234. The van der Waals surface area contributed by atoms with Crippen LogP contribution in [0.25, 0.3) is 0 Å². The summed E-state index contributed by atoms with van der Waals surface area (Å²) in [6.45, 7) is 6.23. The first-order valence-electron chi connectivity index (χ1n) is 9.17. The zero-order chi connectivity index (χ0) is 17.2. The second-order valence-corrected chi connectivity index (χ2v) is 6.66. The molecular formula is C19H31N3O2. The standard InChI is InChI=1S/C19H31N3O2/c1-2-6-18(23)14-21-19(24)20-13-16-7-9-17(10-8-16)15-22-11-4-3-5-12-22/h7-10,18,23H,2-6,11-15H2,1H3,(H2,20,21,24). The van der Waals surface area contributed by atoms with Crippen LogP contribution in [0, 0.1) is 0 Å². The molecule has 0 aliphatic carbocycles. The average Bonchev–Trinajstić information content (AvgIpc) is 2.60. The zero-order valence-corrected chi connectivity index (χ0v) is 14.8. The molecule has 134 valence electrons. The Morgan fingerprint density at radius 3 is 2.46 bits per heavy atom. The molecule has 3 N–H and O–H groups in total. The van der Waals surface area contributed by atoms with Gasteiger partial charge in [0.05, 0.1) is 6.10 Å². The number of amides is 2. The van der Waals surface area contributed by atoms with Gasteiger partial charge in [-0.05, 0) is 43.5 Å². The van der Waals surface area contributed by atoms with Crippen molar-refractivity contribution in [3.05, 3.63) is 35.4 Å². The number of aliphatic hydroxyl groups excluding tert-OH is 1. The lowest BCUT2D eigenvalue weighted by Crippen LogP contribution is -2.39. The highest BCUT2D eigenvalue weighted by Gasteiger charge is 2.10. The van der Waals surface area contributed by atoms with Gasteiger partial charge in [0.25, 0.3) is 0 Å². The van der Waals surface area contributed by atoms with E-state index < -0.39 is 6.10 Å². The molecule has 1 aliphatic rings. The lowest BCUT2D eigenvalue weighted by Gasteiger charge is -2.26. The number of benzene rings is 1. The first-order chi connectivity index (χ1) is 11.7. The average molecular weight is 333 g/mol. The summed E-state index contributed by atoms with van der Waals surface area (Å²) in [4.78, 5) is 14.2. The predicted molar refractivity (Wildman–Crippen MR) is 96.7 cm³/mol. The highest BCUT2D eigenvalue weighted by Crippen LogP contribution is 2.13. The minimum atomic E-state index is -0.463. The van der Waals surface area contributed by atoms with Gasteiger partial charge in [-0.1, -0.05) is 44.0 Å². The summed E-state index contributed by atoms with van der Waals surface area (Å²) in [6, 6.07) is 8.21. The molecule has 1 aromatic carbocycles. The van der Waals surface area contributed by atoms with E-state index in [9.17, 15) is 9.90 Å². The summed E-state index contributed by atoms with van der Waals surface area (Å²) < 4.78 is 0. The van der Waals surface area contributed by atoms with Crippen LogP contribution in [0.1, 0.15) is 50.2 Å². The Kier molecular flexibility index (Phi) is 8.05. The van der Waals surface area contributed by atoms with E-state index in [0.29, 0.717) is 19.5 Å². The number of carbonyl (C=O) groups excluding carboxylic acids is 1. The van der Waals surface area contributed by atoms with Crippen molar-refractivity contribution in [3.63, 3.8) is 0 Å². The summed E-state index contributed by atoms with van der Waals surface area (Å²) in [5, 5.41) is 15.1. The van der Waals surface area contributed by atoms with Crippen LogP contribution in [-0.4, -0.2) is 41.8 Å². The Morgan fingerprint density at radius 2 is 1.79 bits per heavy atom. The SMILES string of the molecule is CCCC(O)CNC(=O)NCc1ccc(CN2CCCCC2)cc1. The second-order valence-electron chi connectivity index (χ2n) is 6.66. The summed E-state index contributed by atoms with van der Waals surface area (Å²) in [7, 11) is 0. The monoisotopic (exact) mass is 333 g/mol. The third kappa shape index (κ3) is 6.89. The molecule has 0 saturated carbocycles. The Morgan fingerprint density at radius 1 is 1.12 bits per heavy atom. The van der Waals surface area contributed by atoms with Crippen LogP contribution in [0.2, 0.25) is 0 Å². The van der Waals surface area contributed by atoms with Gasteiger partial charge in [-0.2, -0.15) is 0 Å². The molecule has 0 spiro atoms. The number of aliphatic hydroxyl groups is 1. The number of nitrogens with one attached hydrogen (secondary N) is 2. The van der Waals surface area contributed by atoms with Crippen LogP contribution in [-0.2, 0) is 13.1 Å². The number of rotatable bonds is 8. The van der Waals surface area contributed by atoms with Gasteiger partial charge in [0, 0.05) is 19.6 Å². The van der Waals surface area contributed by atoms with Gasteiger partial charge in [-0.25, -0.2) is 4.79 Å². The highest BCUT2D eigenvalue weighted by molar-refractivity contribution is 5.73. The van der Waals surface area contributed by atoms with Crippen LogP contribution in [0.3, 0.4) is 0 Å². The maximum atomic E-state index is 11.7. The molecule has 2 amide bonds. The lowest BCUT2D eigenvalue weighted by molar-refractivity contribution is 0.160. The minimum Gasteiger partial charge on any atom is -0.391 e. The third-order valence-corrected chi connectivity index (χ3v) is 4.45. The molecule has 1 heterocycles. The first-order valence-corrected chi connectivity index (χ1v) is 9.17. The largest absolute Gasteiger partial charge is 0.391 e. The van der Waals surface area contributed by atoms with Crippen molar-refractivity contribution in [1.82, 2.24) is 15.5 Å². The molecule has 5 heteroatoms. The van der Waals surface area contributed by atoms with E-state index in [4.69, 9.17) is 0 Å². The number of urea groups is 1. The van der Waals surface area contributed by atoms with Crippen LogP contribution in [0.15, 0.2) is 24.3 Å². The molecule has 1 saturated heterocycles. The molecule has 5 nitrogen and oxygen atoms in total. The third-order valence-electron chi connectivity index (χ3n) is 4.45. The molecule has 1 unspecified atom stereocenters. The molecule has 1 aliphatic heterocycles. The second kappa shape index (κ2) is 10.3. The fourth-order valence-electron chi connectivity index (χ4n) is 3.03. The Bertz CT molecular complexity index is 484. The summed E-state index contributed by atoms with van der Waals surface area (Å²) in [6.07, 6.45) is 5.13. The van der Waals surface area contributed by atoms with Gasteiger partial charge in [0.2, 0.25) is 0 Å². The molecule has 1 aromatic rings. The quantitative estimate of drug-likeness (QED) is 0.685. The van der Waals surface area contributed by atoms with Gasteiger partial charge in [-0.3, -0.25) is 4.90 Å². The number of hydrogen-bond donors (Lipinski definition) is 3. The van der Waals surface area contributed by atoms with Crippen LogP contribution in [0.5, 0.6) is 0 Å².